The molecule has 3 aliphatic rings. The Morgan fingerprint density at radius 1 is 0.882 bits per heavy atom. The monoisotopic (exact) mass is 220 g/mol. The van der Waals surface area contributed by atoms with E-state index in [1.54, 1.807) is 11.1 Å². The number of hydrogen-bond acceptors (Lipinski definition) is 0. The van der Waals surface area contributed by atoms with Crippen molar-refractivity contribution in [2.24, 2.45) is 11.8 Å². The molecule has 0 radical (unpaired) electrons. The first-order valence-corrected chi connectivity index (χ1v) is 6.60. The van der Waals surface area contributed by atoms with E-state index in [1.807, 2.05) is 0 Å². The van der Waals surface area contributed by atoms with E-state index in [0.29, 0.717) is 0 Å². The van der Waals surface area contributed by atoms with Gasteiger partial charge in [-0.05, 0) is 59.5 Å². The number of rotatable bonds is 1. The van der Waals surface area contributed by atoms with Gasteiger partial charge in [0.25, 0.3) is 0 Å². The quantitative estimate of drug-likeness (QED) is 0.659. The molecule has 0 spiro atoms. The highest BCUT2D eigenvalue weighted by atomic mass is 14.4. The molecule has 0 aromatic heterocycles. The predicted octanol–water partition coefficient (Wildman–Crippen LogP) is 4.37. The molecule has 84 valence electrons. The highest BCUT2D eigenvalue weighted by molar-refractivity contribution is 5.67. The molecule has 2 saturated carbocycles. The summed E-state index contributed by atoms with van der Waals surface area (Å²) in [6.07, 6.45) is 11.4. The molecular weight excluding hydrogens is 204 g/mol. The lowest BCUT2D eigenvalue weighted by Gasteiger charge is -2.12. The zero-order valence-electron chi connectivity index (χ0n) is 9.89. The van der Waals surface area contributed by atoms with Crippen molar-refractivity contribution in [3.8, 4) is 0 Å². The Morgan fingerprint density at radius 3 is 2.18 bits per heavy atom. The fourth-order valence-electron chi connectivity index (χ4n) is 3.65. The molecule has 0 heteroatoms. The van der Waals surface area contributed by atoms with Crippen molar-refractivity contribution in [3.05, 3.63) is 64.8 Å². The first kappa shape index (κ1) is 9.47. The van der Waals surface area contributed by atoms with Crippen molar-refractivity contribution < 1.29 is 0 Å². The minimum Gasteiger partial charge on any atom is -0.0622 e. The minimum atomic E-state index is 0.882. The summed E-state index contributed by atoms with van der Waals surface area (Å²) >= 11 is 0. The molecule has 2 bridgehead atoms. The fraction of sp³-hybridized carbons (Fsp3) is 0.294. The van der Waals surface area contributed by atoms with Crippen molar-refractivity contribution in [2.75, 3.05) is 0 Å². The Kier molecular flexibility index (Phi) is 1.93. The van der Waals surface area contributed by atoms with Crippen LogP contribution in [0.4, 0.5) is 0 Å². The summed E-state index contributed by atoms with van der Waals surface area (Å²) < 4.78 is 0. The molecule has 1 aromatic rings. The average Bonchev–Trinajstić information content (AvgIpc) is 3.00. The second-order valence-corrected chi connectivity index (χ2v) is 5.46. The fourth-order valence-corrected chi connectivity index (χ4v) is 3.65. The average molecular weight is 220 g/mol. The van der Waals surface area contributed by atoms with Gasteiger partial charge in [0, 0.05) is 0 Å². The second kappa shape index (κ2) is 3.46. The Bertz CT molecular complexity index is 515. The maximum Gasteiger partial charge on any atom is -0.0153 e. The van der Waals surface area contributed by atoms with Gasteiger partial charge in [0.2, 0.25) is 0 Å². The normalized spacial score (nSPS) is 29.1. The Hall–Kier alpha value is -1.56. The summed E-state index contributed by atoms with van der Waals surface area (Å²) in [7, 11) is 0. The highest BCUT2D eigenvalue weighted by Gasteiger charge is 2.40. The van der Waals surface area contributed by atoms with Crippen LogP contribution in [0.5, 0.6) is 0 Å². The number of benzene rings is 1. The summed E-state index contributed by atoms with van der Waals surface area (Å²) in [6.45, 7) is 0. The third-order valence-corrected chi connectivity index (χ3v) is 4.42. The van der Waals surface area contributed by atoms with Crippen LogP contribution >= 0.6 is 0 Å². The number of fused-ring (bicyclic) bond motifs is 5. The van der Waals surface area contributed by atoms with E-state index < -0.39 is 0 Å². The number of allylic oxidation sites excluding steroid dienone is 5. The maximum atomic E-state index is 2.42. The van der Waals surface area contributed by atoms with Gasteiger partial charge in [0.15, 0.2) is 0 Å². The zero-order chi connectivity index (χ0) is 11.2. The van der Waals surface area contributed by atoms with Crippen molar-refractivity contribution in [3.63, 3.8) is 0 Å². The summed E-state index contributed by atoms with van der Waals surface area (Å²) in [5.41, 5.74) is 6.02. The Balaban J connectivity index is 1.72. The zero-order valence-corrected chi connectivity index (χ0v) is 9.89. The summed E-state index contributed by atoms with van der Waals surface area (Å²) in [6, 6.07) is 10.6. The van der Waals surface area contributed by atoms with E-state index in [1.165, 1.54) is 30.4 Å². The molecule has 0 heterocycles. The third-order valence-electron chi connectivity index (χ3n) is 4.42. The third kappa shape index (κ3) is 1.44. The van der Waals surface area contributed by atoms with Crippen molar-refractivity contribution in [2.45, 2.75) is 19.3 Å². The smallest absolute Gasteiger partial charge is 0.0153 e. The summed E-state index contributed by atoms with van der Waals surface area (Å²) in [4.78, 5) is 0. The molecule has 3 aliphatic carbocycles. The van der Waals surface area contributed by atoms with Crippen LogP contribution in [0, 0.1) is 11.8 Å². The van der Waals surface area contributed by atoms with Crippen molar-refractivity contribution in [1.82, 2.24) is 0 Å². The lowest BCUT2D eigenvalue weighted by atomic mass is 9.92. The van der Waals surface area contributed by atoms with Gasteiger partial charge in [0.05, 0.1) is 0 Å². The van der Waals surface area contributed by atoms with E-state index in [-0.39, 0.29) is 0 Å². The minimum absolute atomic E-state index is 0.882. The lowest BCUT2D eigenvalue weighted by molar-refractivity contribution is 0.658. The molecule has 4 rings (SSSR count). The van der Waals surface area contributed by atoms with Crippen LogP contribution in [0.15, 0.2) is 59.2 Å². The summed E-state index contributed by atoms with van der Waals surface area (Å²) in [5, 5.41) is 0. The van der Waals surface area contributed by atoms with E-state index >= 15 is 0 Å². The van der Waals surface area contributed by atoms with E-state index in [9.17, 15) is 0 Å². The predicted molar refractivity (Wildman–Crippen MR) is 71.4 cm³/mol. The molecule has 17 heavy (non-hydrogen) atoms. The maximum absolute atomic E-state index is 2.42. The van der Waals surface area contributed by atoms with Crippen LogP contribution in [0.3, 0.4) is 0 Å². The first-order chi connectivity index (χ1) is 8.40. The van der Waals surface area contributed by atoms with Crippen molar-refractivity contribution in [1.29, 1.82) is 0 Å². The van der Waals surface area contributed by atoms with Gasteiger partial charge in [-0.2, -0.15) is 0 Å². The Morgan fingerprint density at radius 2 is 1.53 bits per heavy atom. The SMILES string of the molecule is C(=C1C=C2C(=C1)[C@H]1CC[C@H]2C1)c1ccccc1. The second-order valence-electron chi connectivity index (χ2n) is 5.46. The Labute approximate surface area is 102 Å². The molecule has 1 aromatic carbocycles. The standard InChI is InChI=1S/C17H16/c1-2-4-12(5-3-1)8-13-9-16-14-6-7-15(11-14)17(16)10-13/h1-5,8-10,14-15H,6-7,11H2/t14-,15-/m0/s1. The van der Waals surface area contributed by atoms with Gasteiger partial charge in [-0.3, -0.25) is 0 Å². The van der Waals surface area contributed by atoms with Crippen LogP contribution < -0.4 is 0 Å². The van der Waals surface area contributed by atoms with Crippen LogP contribution in [0.25, 0.3) is 6.08 Å². The first-order valence-electron chi connectivity index (χ1n) is 6.60. The molecule has 0 unspecified atom stereocenters. The van der Waals surface area contributed by atoms with Gasteiger partial charge in [-0.1, -0.05) is 42.5 Å². The molecule has 2 atom stereocenters. The van der Waals surface area contributed by atoms with Crippen LogP contribution in [-0.4, -0.2) is 0 Å². The summed E-state index contributed by atoms with van der Waals surface area (Å²) in [5.74, 6) is 1.76. The van der Waals surface area contributed by atoms with Gasteiger partial charge < -0.3 is 0 Å². The molecule has 2 fully saturated rings. The molecule has 0 N–H and O–H groups in total. The van der Waals surface area contributed by atoms with Gasteiger partial charge in [0.1, 0.15) is 0 Å². The van der Waals surface area contributed by atoms with Crippen LogP contribution in [0.1, 0.15) is 24.8 Å². The van der Waals surface area contributed by atoms with Crippen LogP contribution in [-0.2, 0) is 0 Å². The molecule has 0 nitrogen and oxygen atoms in total. The lowest BCUT2D eigenvalue weighted by Crippen LogP contribution is -1.99. The van der Waals surface area contributed by atoms with Crippen LogP contribution in [0.2, 0.25) is 0 Å². The van der Waals surface area contributed by atoms with E-state index in [2.05, 4.69) is 48.6 Å². The van der Waals surface area contributed by atoms with E-state index in [4.69, 9.17) is 0 Å². The molecule has 0 saturated heterocycles. The van der Waals surface area contributed by atoms with Gasteiger partial charge in [-0.25, -0.2) is 0 Å². The van der Waals surface area contributed by atoms with Gasteiger partial charge in [-0.15, -0.1) is 0 Å². The highest BCUT2D eigenvalue weighted by Crippen LogP contribution is 2.54. The number of hydrogen-bond donors (Lipinski definition) is 0. The van der Waals surface area contributed by atoms with E-state index in [0.717, 1.165) is 11.8 Å². The van der Waals surface area contributed by atoms with Crippen molar-refractivity contribution >= 4 is 6.08 Å². The van der Waals surface area contributed by atoms with Gasteiger partial charge >= 0.3 is 0 Å². The topological polar surface area (TPSA) is 0 Å². The largest absolute Gasteiger partial charge is 0.0622 e. The molecular formula is C17H16. The molecule has 0 aliphatic heterocycles. The molecule has 0 amide bonds.